The topological polar surface area (TPSA) is 57.8 Å². The number of anilines is 1. The average molecular weight is 324 g/mol. The van der Waals surface area contributed by atoms with Crippen LogP contribution in [0.2, 0.25) is 10.0 Å². The van der Waals surface area contributed by atoms with Crippen LogP contribution >= 0.6 is 23.2 Å². The fourth-order valence-electron chi connectivity index (χ4n) is 1.79. The van der Waals surface area contributed by atoms with Gasteiger partial charge in [-0.15, -0.1) is 0 Å². The van der Waals surface area contributed by atoms with Gasteiger partial charge in [-0.3, -0.25) is 9.89 Å². The highest BCUT2D eigenvalue weighted by molar-refractivity contribution is 6.35. The normalized spacial score (nSPS) is 11.0. The van der Waals surface area contributed by atoms with Crippen LogP contribution in [-0.2, 0) is 11.2 Å². The molecule has 0 aliphatic rings. The Morgan fingerprint density at radius 2 is 2.19 bits per heavy atom. The maximum atomic E-state index is 11.8. The van der Waals surface area contributed by atoms with Crippen LogP contribution in [-0.4, -0.2) is 16.1 Å². The Hall–Kier alpha value is -1.78. The molecule has 2 aromatic rings. The van der Waals surface area contributed by atoms with E-state index in [2.05, 4.69) is 22.4 Å². The Morgan fingerprint density at radius 3 is 2.90 bits per heavy atom. The number of rotatable bonds is 5. The highest BCUT2D eigenvalue weighted by Gasteiger charge is 2.04. The zero-order valence-electron chi connectivity index (χ0n) is 11.5. The first-order valence-electron chi connectivity index (χ1n) is 6.57. The van der Waals surface area contributed by atoms with Gasteiger partial charge in [-0.05, 0) is 30.2 Å². The molecule has 110 valence electrons. The summed E-state index contributed by atoms with van der Waals surface area (Å²) in [5.41, 5.74) is 1.72. The molecular formula is C15H15Cl2N3O. The van der Waals surface area contributed by atoms with Crippen LogP contribution in [0.15, 0.2) is 30.3 Å². The van der Waals surface area contributed by atoms with Crippen molar-refractivity contribution in [2.45, 2.75) is 19.8 Å². The molecule has 0 saturated carbocycles. The summed E-state index contributed by atoms with van der Waals surface area (Å²) >= 11 is 11.8. The zero-order chi connectivity index (χ0) is 15.2. The molecule has 4 nitrogen and oxygen atoms in total. The van der Waals surface area contributed by atoms with Gasteiger partial charge >= 0.3 is 0 Å². The number of nitrogens with one attached hydrogen (secondary N) is 2. The molecule has 0 saturated heterocycles. The minimum atomic E-state index is -0.268. The van der Waals surface area contributed by atoms with Crippen molar-refractivity contribution < 1.29 is 4.79 Å². The summed E-state index contributed by atoms with van der Waals surface area (Å²) in [6, 6.07) is 6.92. The number of aromatic amines is 1. The predicted molar refractivity (Wildman–Crippen MR) is 86.7 cm³/mol. The lowest BCUT2D eigenvalue weighted by atomic mass is 10.2. The average Bonchev–Trinajstić information content (AvgIpc) is 2.85. The number of carbonyl (C=O) groups excluding carboxylic acids is 1. The van der Waals surface area contributed by atoms with Gasteiger partial charge < -0.3 is 5.32 Å². The standard InChI is InChI=1S/C15H15Cl2N3O/c1-2-3-12-9-14(20-19-12)18-15(21)7-5-10-4-6-11(16)8-13(10)17/h4-9H,2-3H2,1H3,(H2,18,19,20,21)/b7-5+. The molecule has 0 aliphatic heterocycles. The first kappa shape index (κ1) is 15.6. The van der Waals surface area contributed by atoms with Crippen LogP contribution in [0.25, 0.3) is 6.08 Å². The number of amides is 1. The van der Waals surface area contributed by atoms with Crippen molar-refractivity contribution in [2.75, 3.05) is 5.32 Å². The second kappa shape index (κ2) is 7.29. The van der Waals surface area contributed by atoms with Crippen LogP contribution in [0.4, 0.5) is 5.82 Å². The molecule has 0 radical (unpaired) electrons. The van der Waals surface area contributed by atoms with Crippen LogP contribution < -0.4 is 5.32 Å². The third-order valence-corrected chi connectivity index (χ3v) is 3.34. The van der Waals surface area contributed by atoms with E-state index in [9.17, 15) is 4.79 Å². The minimum Gasteiger partial charge on any atom is -0.306 e. The van der Waals surface area contributed by atoms with E-state index in [4.69, 9.17) is 23.2 Å². The second-order valence-electron chi connectivity index (χ2n) is 4.52. The molecular weight excluding hydrogens is 309 g/mol. The molecule has 1 heterocycles. The molecule has 1 aromatic heterocycles. The third-order valence-electron chi connectivity index (χ3n) is 2.78. The van der Waals surface area contributed by atoms with E-state index in [0.717, 1.165) is 24.1 Å². The Morgan fingerprint density at radius 1 is 1.38 bits per heavy atom. The van der Waals surface area contributed by atoms with Crippen LogP contribution in [0.5, 0.6) is 0 Å². The van der Waals surface area contributed by atoms with E-state index in [1.54, 1.807) is 24.3 Å². The van der Waals surface area contributed by atoms with Crippen molar-refractivity contribution >= 4 is 41.0 Å². The number of aryl methyl sites for hydroxylation is 1. The lowest BCUT2D eigenvalue weighted by molar-refractivity contribution is -0.111. The molecule has 0 unspecified atom stereocenters. The number of halogens is 2. The van der Waals surface area contributed by atoms with E-state index in [-0.39, 0.29) is 5.91 Å². The molecule has 0 atom stereocenters. The molecule has 0 bridgehead atoms. The van der Waals surface area contributed by atoms with E-state index in [0.29, 0.717) is 15.9 Å². The minimum absolute atomic E-state index is 0.268. The van der Waals surface area contributed by atoms with Gasteiger partial charge in [-0.2, -0.15) is 5.10 Å². The second-order valence-corrected chi connectivity index (χ2v) is 5.36. The monoisotopic (exact) mass is 323 g/mol. The Kier molecular flexibility index (Phi) is 5.42. The fourth-order valence-corrected chi connectivity index (χ4v) is 2.26. The van der Waals surface area contributed by atoms with Crippen LogP contribution in [0.1, 0.15) is 24.6 Å². The SMILES string of the molecule is CCCc1cc(NC(=O)/C=C/c2ccc(Cl)cc2Cl)n[nH]1. The Labute approximate surface area is 133 Å². The smallest absolute Gasteiger partial charge is 0.249 e. The van der Waals surface area contributed by atoms with Gasteiger partial charge in [-0.1, -0.05) is 42.6 Å². The number of H-pyrrole nitrogens is 1. The van der Waals surface area contributed by atoms with Crippen molar-refractivity contribution in [3.63, 3.8) is 0 Å². The van der Waals surface area contributed by atoms with Crippen LogP contribution in [0, 0.1) is 0 Å². The summed E-state index contributed by atoms with van der Waals surface area (Å²) in [4.78, 5) is 11.8. The molecule has 2 N–H and O–H groups in total. The zero-order valence-corrected chi connectivity index (χ0v) is 13.0. The predicted octanol–water partition coefficient (Wildman–Crippen LogP) is 4.32. The number of nitrogens with zero attached hydrogens (tertiary/aromatic N) is 1. The summed E-state index contributed by atoms with van der Waals surface area (Å²) in [5, 5.41) is 10.6. The number of carbonyl (C=O) groups is 1. The lowest BCUT2D eigenvalue weighted by Crippen LogP contribution is -2.07. The van der Waals surface area contributed by atoms with Gasteiger partial charge in [0.25, 0.3) is 0 Å². The molecule has 1 aromatic carbocycles. The molecule has 21 heavy (non-hydrogen) atoms. The maximum absolute atomic E-state index is 11.8. The first-order valence-corrected chi connectivity index (χ1v) is 7.32. The lowest BCUT2D eigenvalue weighted by Gasteiger charge is -1.99. The fraction of sp³-hybridized carbons (Fsp3) is 0.200. The Bertz CT molecular complexity index is 665. The third kappa shape index (κ3) is 4.62. The van der Waals surface area contributed by atoms with Crippen molar-refractivity contribution in [2.24, 2.45) is 0 Å². The summed E-state index contributed by atoms with van der Waals surface area (Å²) in [6.07, 6.45) is 4.96. The summed E-state index contributed by atoms with van der Waals surface area (Å²) in [6.45, 7) is 2.08. The van der Waals surface area contributed by atoms with Gasteiger partial charge in [0.05, 0.1) is 0 Å². The first-order chi connectivity index (χ1) is 10.1. The van der Waals surface area contributed by atoms with Gasteiger partial charge in [0.15, 0.2) is 5.82 Å². The number of benzene rings is 1. The largest absolute Gasteiger partial charge is 0.306 e. The quantitative estimate of drug-likeness (QED) is 0.805. The highest BCUT2D eigenvalue weighted by Crippen LogP contribution is 2.22. The molecule has 1 amide bonds. The summed E-state index contributed by atoms with van der Waals surface area (Å²) in [7, 11) is 0. The van der Waals surface area contributed by atoms with E-state index in [1.165, 1.54) is 6.08 Å². The maximum Gasteiger partial charge on any atom is 0.249 e. The molecule has 0 fully saturated rings. The van der Waals surface area contributed by atoms with Crippen molar-refractivity contribution in [1.82, 2.24) is 10.2 Å². The number of aromatic nitrogens is 2. The number of hydrogen-bond acceptors (Lipinski definition) is 2. The molecule has 6 heteroatoms. The van der Waals surface area contributed by atoms with Gasteiger partial charge in [-0.25, -0.2) is 0 Å². The van der Waals surface area contributed by atoms with E-state index >= 15 is 0 Å². The highest BCUT2D eigenvalue weighted by atomic mass is 35.5. The molecule has 0 spiro atoms. The van der Waals surface area contributed by atoms with Crippen molar-refractivity contribution in [1.29, 1.82) is 0 Å². The molecule has 2 rings (SSSR count). The molecule has 0 aliphatic carbocycles. The number of hydrogen-bond donors (Lipinski definition) is 2. The van der Waals surface area contributed by atoms with E-state index < -0.39 is 0 Å². The Balaban J connectivity index is 1.98. The van der Waals surface area contributed by atoms with Crippen LogP contribution in [0.3, 0.4) is 0 Å². The summed E-state index contributed by atoms with van der Waals surface area (Å²) < 4.78 is 0. The van der Waals surface area contributed by atoms with Gasteiger partial charge in [0.2, 0.25) is 5.91 Å². The van der Waals surface area contributed by atoms with Gasteiger partial charge in [0, 0.05) is 27.9 Å². The van der Waals surface area contributed by atoms with E-state index in [1.807, 2.05) is 6.07 Å². The van der Waals surface area contributed by atoms with Gasteiger partial charge in [0.1, 0.15) is 0 Å². The summed E-state index contributed by atoms with van der Waals surface area (Å²) in [5.74, 6) is 0.242. The van der Waals surface area contributed by atoms with Crippen molar-refractivity contribution in [3.8, 4) is 0 Å². The van der Waals surface area contributed by atoms with Crippen molar-refractivity contribution in [3.05, 3.63) is 51.6 Å².